The van der Waals surface area contributed by atoms with Crippen LogP contribution < -0.4 is 9.47 Å². The first-order chi connectivity index (χ1) is 20.1. The lowest BCUT2D eigenvalue weighted by Crippen LogP contribution is -2.05. The third-order valence-electron chi connectivity index (χ3n) is 6.35. The van der Waals surface area contributed by atoms with E-state index in [1.807, 2.05) is 74.5 Å². The predicted molar refractivity (Wildman–Crippen MR) is 159 cm³/mol. The summed E-state index contributed by atoms with van der Waals surface area (Å²) in [4.78, 5) is 0.800. The Kier molecular flexibility index (Phi) is 9.36. The molecule has 0 atom stereocenters. The average Bonchev–Trinajstić information content (AvgIpc) is 3.65. The minimum absolute atomic E-state index is 0.365. The zero-order chi connectivity index (χ0) is 28.6. The molecule has 212 valence electrons. The third-order valence-corrected chi connectivity index (χ3v) is 7.23. The number of rotatable bonds is 13. The third kappa shape index (κ3) is 6.97. The molecule has 0 saturated heterocycles. The molecule has 0 saturated carbocycles. The summed E-state index contributed by atoms with van der Waals surface area (Å²) in [6.45, 7) is 9.38. The van der Waals surface area contributed by atoms with Crippen molar-refractivity contribution in [2.75, 3.05) is 13.2 Å². The molecule has 5 rings (SSSR count). The highest BCUT2D eigenvalue weighted by atomic mass is 32.2. The Balaban J connectivity index is 1.52. The van der Waals surface area contributed by atoms with Crippen molar-refractivity contribution in [3.63, 3.8) is 0 Å². The minimum atomic E-state index is 0.365. The Morgan fingerprint density at radius 1 is 0.659 bits per heavy atom. The molecule has 2 heterocycles. The van der Waals surface area contributed by atoms with Crippen molar-refractivity contribution in [2.45, 2.75) is 63.5 Å². The van der Waals surface area contributed by atoms with Gasteiger partial charge in [0.15, 0.2) is 11.5 Å². The molecule has 0 aliphatic carbocycles. The van der Waals surface area contributed by atoms with Gasteiger partial charge in [-0.05, 0) is 74.8 Å². The van der Waals surface area contributed by atoms with Crippen molar-refractivity contribution in [3.05, 3.63) is 71.8 Å². The van der Waals surface area contributed by atoms with Crippen LogP contribution in [0.2, 0.25) is 0 Å². The maximum atomic E-state index is 6.36. The second-order valence-corrected chi connectivity index (χ2v) is 10.8. The van der Waals surface area contributed by atoms with E-state index in [0.29, 0.717) is 53.2 Å². The maximum absolute atomic E-state index is 6.36. The van der Waals surface area contributed by atoms with Gasteiger partial charge in [-0.3, -0.25) is 0 Å². The molecule has 0 aliphatic rings. The first-order valence-corrected chi connectivity index (χ1v) is 14.8. The zero-order valence-corrected chi connectivity index (χ0v) is 24.7. The summed E-state index contributed by atoms with van der Waals surface area (Å²) >= 11 is 1.34. The summed E-state index contributed by atoms with van der Waals surface area (Å²) in [6.07, 6.45) is 3.80. The van der Waals surface area contributed by atoms with Gasteiger partial charge in [0.1, 0.15) is 0 Å². The quantitative estimate of drug-likeness (QED) is 0.129. The van der Waals surface area contributed by atoms with Crippen LogP contribution in [-0.2, 0) is 0 Å². The lowest BCUT2D eigenvalue weighted by atomic mass is 10.1. The van der Waals surface area contributed by atoms with E-state index in [-0.39, 0.29) is 0 Å². The highest BCUT2D eigenvalue weighted by Gasteiger charge is 2.24. The first kappa shape index (κ1) is 28.4. The monoisotopic (exact) mass is 570 g/mol. The lowest BCUT2D eigenvalue weighted by molar-refractivity contribution is 0.257. The number of nitrogens with zero attached hydrogens (tertiary/aromatic N) is 4. The van der Waals surface area contributed by atoms with E-state index in [0.717, 1.165) is 52.8 Å². The van der Waals surface area contributed by atoms with Crippen molar-refractivity contribution in [1.82, 2.24) is 20.4 Å². The second kappa shape index (κ2) is 13.5. The topological polar surface area (TPSA) is 96.3 Å². The van der Waals surface area contributed by atoms with Crippen LogP contribution in [0.25, 0.3) is 34.4 Å². The van der Waals surface area contributed by atoms with Gasteiger partial charge >= 0.3 is 0 Å². The van der Waals surface area contributed by atoms with Crippen LogP contribution in [-0.4, -0.2) is 33.6 Å². The normalized spacial score (nSPS) is 11.1. The molecule has 3 aromatic carbocycles. The summed E-state index contributed by atoms with van der Waals surface area (Å²) in [7, 11) is 0. The molecule has 0 aliphatic heterocycles. The molecule has 0 bridgehead atoms. The molecule has 0 amide bonds. The lowest BCUT2D eigenvalue weighted by Gasteiger charge is -2.18. The van der Waals surface area contributed by atoms with Crippen LogP contribution in [0, 0.1) is 13.8 Å². The van der Waals surface area contributed by atoms with Gasteiger partial charge in [0.05, 0.1) is 23.7 Å². The van der Waals surface area contributed by atoms with Gasteiger partial charge in [0.2, 0.25) is 11.8 Å². The summed E-state index contributed by atoms with van der Waals surface area (Å²) in [5.41, 5.74) is 4.66. The molecular weight excluding hydrogens is 536 g/mol. The molecule has 0 N–H and O–H groups in total. The molecule has 8 nitrogen and oxygen atoms in total. The number of benzene rings is 3. The molecule has 9 heteroatoms. The van der Waals surface area contributed by atoms with Gasteiger partial charge in [-0.25, -0.2) is 0 Å². The fraction of sp³-hybridized carbons (Fsp3) is 0.312. The minimum Gasteiger partial charge on any atom is -0.489 e. The fourth-order valence-electron chi connectivity index (χ4n) is 4.18. The van der Waals surface area contributed by atoms with Crippen LogP contribution in [0.3, 0.4) is 0 Å². The number of hydrogen-bond donors (Lipinski definition) is 0. The number of hydrogen-bond acceptors (Lipinski definition) is 9. The van der Waals surface area contributed by atoms with Crippen LogP contribution in [0.5, 0.6) is 11.5 Å². The van der Waals surface area contributed by atoms with E-state index < -0.39 is 0 Å². The molecule has 5 aromatic rings. The van der Waals surface area contributed by atoms with E-state index in [1.165, 1.54) is 11.8 Å². The largest absolute Gasteiger partial charge is 0.489 e. The van der Waals surface area contributed by atoms with Gasteiger partial charge in [0, 0.05) is 11.1 Å². The summed E-state index contributed by atoms with van der Waals surface area (Å²) in [5, 5.41) is 17.7. The molecule has 41 heavy (non-hydrogen) atoms. The van der Waals surface area contributed by atoms with Crippen LogP contribution in [0.4, 0.5) is 0 Å². The Hall–Kier alpha value is -4.11. The number of unbranched alkanes of at least 4 members (excludes halogenated alkanes) is 2. The van der Waals surface area contributed by atoms with Crippen molar-refractivity contribution in [3.8, 4) is 45.9 Å². The van der Waals surface area contributed by atoms with Gasteiger partial charge in [-0.15, -0.1) is 20.4 Å². The van der Waals surface area contributed by atoms with Crippen molar-refractivity contribution >= 4 is 11.8 Å². The molecule has 0 fully saturated rings. The second-order valence-electron chi connectivity index (χ2n) is 9.80. The zero-order valence-electron chi connectivity index (χ0n) is 23.8. The van der Waals surface area contributed by atoms with Gasteiger partial charge in [-0.2, -0.15) is 0 Å². The predicted octanol–water partition coefficient (Wildman–Crippen LogP) is 8.58. The molecule has 0 spiro atoms. The summed E-state index contributed by atoms with van der Waals surface area (Å²) in [6, 6.07) is 19.8. The number of aryl methyl sites for hydroxylation is 2. The Labute approximate surface area is 244 Å². The SMILES string of the molecule is CCCCOc1c(Sc2nnc(-c3cccc(C)c3)o2)ccc(-c2nnc(-c3cccc(C)c3)o2)c1OCCCC. The van der Waals surface area contributed by atoms with E-state index in [4.69, 9.17) is 18.3 Å². The fourth-order valence-corrected chi connectivity index (χ4v) is 4.95. The number of ether oxygens (including phenoxy) is 2. The van der Waals surface area contributed by atoms with E-state index in [2.05, 4.69) is 34.2 Å². The number of aromatic nitrogens is 4. The highest BCUT2D eigenvalue weighted by molar-refractivity contribution is 7.99. The van der Waals surface area contributed by atoms with Crippen molar-refractivity contribution < 1.29 is 18.3 Å². The van der Waals surface area contributed by atoms with Gasteiger partial charge < -0.3 is 18.3 Å². The standard InChI is InChI=1S/C32H34N4O4S/c1-5-7-17-37-27-25(31-35-33-29(39-31)23-13-9-11-21(3)19-23)15-16-26(28(27)38-18-8-6-2)41-32-36-34-30(40-32)24-14-10-12-22(4)20-24/h9-16,19-20H,5-8,17-18H2,1-4H3. The van der Waals surface area contributed by atoms with Gasteiger partial charge in [-0.1, -0.05) is 62.1 Å². The molecule has 2 aromatic heterocycles. The molecular formula is C32H34N4O4S. The van der Waals surface area contributed by atoms with E-state index in [1.54, 1.807) is 0 Å². The van der Waals surface area contributed by atoms with E-state index in [9.17, 15) is 0 Å². The van der Waals surface area contributed by atoms with Crippen molar-refractivity contribution in [2.24, 2.45) is 0 Å². The molecule has 0 radical (unpaired) electrons. The Bertz CT molecular complexity index is 1600. The summed E-state index contributed by atoms with van der Waals surface area (Å²) < 4.78 is 24.9. The highest BCUT2D eigenvalue weighted by Crippen LogP contribution is 2.46. The Morgan fingerprint density at radius 3 is 1.88 bits per heavy atom. The first-order valence-electron chi connectivity index (χ1n) is 14.0. The summed E-state index contributed by atoms with van der Waals surface area (Å²) in [5.74, 6) is 2.45. The smallest absolute Gasteiger partial charge is 0.281 e. The van der Waals surface area contributed by atoms with Crippen LogP contribution in [0.15, 0.2) is 79.6 Å². The van der Waals surface area contributed by atoms with Crippen LogP contribution in [0.1, 0.15) is 50.7 Å². The van der Waals surface area contributed by atoms with Gasteiger partial charge in [0.25, 0.3) is 11.1 Å². The Morgan fingerprint density at radius 2 is 1.24 bits per heavy atom. The van der Waals surface area contributed by atoms with Crippen molar-refractivity contribution in [1.29, 1.82) is 0 Å². The van der Waals surface area contributed by atoms with E-state index >= 15 is 0 Å². The average molecular weight is 571 g/mol. The maximum Gasteiger partial charge on any atom is 0.281 e. The molecule has 0 unspecified atom stereocenters. The van der Waals surface area contributed by atoms with Crippen LogP contribution >= 0.6 is 11.8 Å².